The number of benzene rings is 1. The van der Waals surface area contributed by atoms with Gasteiger partial charge in [-0.3, -0.25) is 0 Å². The maximum atomic E-state index is 13.9. The molecule has 0 spiro atoms. The van der Waals surface area contributed by atoms with E-state index in [9.17, 15) is 4.39 Å². The highest BCUT2D eigenvalue weighted by Gasteiger charge is 2.41. The molecule has 2 unspecified atom stereocenters. The monoisotopic (exact) mass is 248 g/mol. The summed E-state index contributed by atoms with van der Waals surface area (Å²) in [6.07, 6.45) is 5.91. The Morgan fingerprint density at radius 1 is 1.17 bits per heavy atom. The van der Waals surface area contributed by atoms with Crippen LogP contribution in [0.1, 0.15) is 32.1 Å². The van der Waals surface area contributed by atoms with Gasteiger partial charge in [0.25, 0.3) is 0 Å². The second-order valence-corrected chi connectivity index (χ2v) is 5.66. The average molecular weight is 248 g/mol. The van der Waals surface area contributed by atoms with E-state index in [4.69, 9.17) is 5.73 Å². The Bertz CT molecular complexity index is 407. The number of fused-ring (bicyclic) bond motifs is 2. The van der Waals surface area contributed by atoms with E-state index in [1.54, 1.807) is 12.1 Å². The average Bonchev–Trinajstić information content (AvgIpc) is 2.62. The molecule has 0 amide bonds. The van der Waals surface area contributed by atoms with Crippen molar-refractivity contribution < 1.29 is 4.39 Å². The zero-order chi connectivity index (χ0) is 12.5. The summed E-state index contributed by atoms with van der Waals surface area (Å²) < 4.78 is 13.9. The van der Waals surface area contributed by atoms with Gasteiger partial charge in [-0.15, -0.1) is 0 Å². The summed E-state index contributed by atoms with van der Waals surface area (Å²) in [4.78, 5) is 2.34. The van der Waals surface area contributed by atoms with Crippen molar-refractivity contribution in [2.24, 2.45) is 11.7 Å². The molecule has 2 nitrogen and oxygen atoms in total. The minimum absolute atomic E-state index is 0.0772. The topological polar surface area (TPSA) is 29.3 Å². The first-order valence-electron chi connectivity index (χ1n) is 7.02. The number of nitrogens with zero attached hydrogens (tertiary/aromatic N) is 1. The lowest BCUT2D eigenvalue weighted by Crippen LogP contribution is -2.43. The molecule has 3 heteroatoms. The van der Waals surface area contributed by atoms with Crippen molar-refractivity contribution in [2.75, 3.05) is 11.4 Å². The van der Waals surface area contributed by atoms with Crippen LogP contribution in [0.25, 0.3) is 0 Å². The molecule has 18 heavy (non-hydrogen) atoms. The first kappa shape index (κ1) is 12.0. The summed E-state index contributed by atoms with van der Waals surface area (Å²) in [6.45, 7) is 0.782. The van der Waals surface area contributed by atoms with Gasteiger partial charge in [0.1, 0.15) is 5.82 Å². The molecular weight excluding hydrogens is 227 g/mol. The molecule has 0 aromatic heterocycles. The van der Waals surface area contributed by atoms with Crippen molar-refractivity contribution in [3.8, 4) is 0 Å². The molecule has 2 bridgehead atoms. The normalized spacial score (nSPS) is 30.8. The van der Waals surface area contributed by atoms with Gasteiger partial charge in [-0.1, -0.05) is 12.1 Å². The Labute approximate surface area is 108 Å². The van der Waals surface area contributed by atoms with Gasteiger partial charge < -0.3 is 10.6 Å². The summed E-state index contributed by atoms with van der Waals surface area (Å²) in [7, 11) is 0. The molecule has 3 rings (SSSR count). The Morgan fingerprint density at radius 2 is 1.83 bits per heavy atom. The summed E-state index contributed by atoms with van der Waals surface area (Å²) in [5.41, 5.74) is 6.47. The summed E-state index contributed by atoms with van der Waals surface area (Å²) in [5, 5.41) is 0. The van der Waals surface area contributed by atoms with E-state index in [2.05, 4.69) is 4.90 Å². The van der Waals surface area contributed by atoms with Gasteiger partial charge in [-0.2, -0.15) is 0 Å². The summed E-state index contributed by atoms with van der Waals surface area (Å²) >= 11 is 0. The molecule has 2 atom stereocenters. The van der Waals surface area contributed by atoms with Crippen molar-refractivity contribution in [2.45, 2.75) is 44.2 Å². The minimum atomic E-state index is -0.0772. The van der Waals surface area contributed by atoms with Gasteiger partial charge in [0.2, 0.25) is 0 Å². The van der Waals surface area contributed by atoms with Gasteiger partial charge in [0.05, 0.1) is 5.69 Å². The molecule has 2 aliphatic heterocycles. The first-order valence-corrected chi connectivity index (χ1v) is 7.02. The summed E-state index contributed by atoms with van der Waals surface area (Å²) in [6, 6.07) is 8.24. The highest BCUT2D eigenvalue weighted by atomic mass is 19.1. The Hall–Kier alpha value is -1.09. The lowest BCUT2D eigenvalue weighted by Gasteiger charge is -2.40. The first-order chi connectivity index (χ1) is 8.79. The van der Waals surface area contributed by atoms with Crippen LogP contribution in [0.15, 0.2) is 24.3 Å². The van der Waals surface area contributed by atoms with Crippen molar-refractivity contribution in [3.63, 3.8) is 0 Å². The lowest BCUT2D eigenvalue weighted by molar-refractivity contribution is 0.324. The molecule has 2 saturated heterocycles. The van der Waals surface area contributed by atoms with Crippen LogP contribution in [0, 0.1) is 11.7 Å². The van der Waals surface area contributed by atoms with E-state index in [1.807, 2.05) is 12.1 Å². The predicted molar refractivity (Wildman–Crippen MR) is 72.1 cm³/mol. The van der Waals surface area contributed by atoms with Crippen LogP contribution < -0.4 is 10.6 Å². The Kier molecular flexibility index (Phi) is 3.25. The van der Waals surface area contributed by atoms with E-state index >= 15 is 0 Å². The van der Waals surface area contributed by atoms with Crippen molar-refractivity contribution in [1.29, 1.82) is 0 Å². The largest absolute Gasteiger partial charge is 0.363 e. The fourth-order valence-electron chi connectivity index (χ4n) is 3.82. The van der Waals surface area contributed by atoms with Crippen LogP contribution in [0.2, 0.25) is 0 Å². The van der Waals surface area contributed by atoms with E-state index in [-0.39, 0.29) is 5.82 Å². The smallest absolute Gasteiger partial charge is 0.146 e. The maximum absolute atomic E-state index is 13.9. The second-order valence-electron chi connectivity index (χ2n) is 5.66. The zero-order valence-electron chi connectivity index (χ0n) is 10.7. The number of nitrogens with two attached hydrogens (primary N) is 1. The van der Waals surface area contributed by atoms with Crippen molar-refractivity contribution >= 4 is 5.69 Å². The van der Waals surface area contributed by atoms with Gasteiger partial charge >= 0.3 is 0 Å². The molecule has 2 aliphatic rings. The Morgan fingerprint density at radius 3 is 2.44 bits per heavy atom. The van der Waals surface area contributed by atoms with E-state index in [0.717, 1.165) is 24.6 Å². The fourth-order valence-corrected chi connectivity index (χ4v) is 3.82. The van der Waals surface area contributed by atoms with Gasteiger partial charge in [0, 0.05) is 12.1 Å². The zero-order valence-corrected chi connectivity index (χ0v) is 10.7. The van der Waals surface area contributed by atoms with Gasteiger partial charge in [-0.05, 0) is 56.7 Å². The number of para-hydroxylation sites is 1. The number of piperidine rings is 1. The standard InChI is InChI=1S/C15H21FN2/c16-14-3-1-2-4-15(14)18-12-5-6-13(18)10-11(9-12)7-8-17/h1-4,11-13H,5-10,17H2. The molecule has 2 N–H and O–H groups in total. The van der Waals surface area contributed by atoms with Crippen LogP contribution in [0.5, 0.6) is 0 Å². The number of anilines is 1. The highest BCUT2D eigenvalue weighted by Crippen LogP contribution is 2.43. The second kappa shape index (κ2) is 4.88. The van der Waals surface area contributed by atoms with E-state index in [1.165, 1.54) is 25.7 Å². The third-order valence-corrected chi connectivity index (χ3v) is 4.54. The van der Waals surface area contributed by atoms with Gasteiger partial charge in [0.15, 0.2) is 0 Å². The third-order valence-electron chi connectivity index (χ3n) is 4.54. The molecule has 2 heterocycles. The third kappa shape index (κ3) is 2.01. The van der Waals surface area contributed by atoms with Crippen molar-refractivity contribution in [3.05, 3.63) is 30.1 Å². The number of hydrogen-bond acceptors (Lipinski definition) is 2. The molecular formula is C15H21FN2. The SMILES string of the molecule is NCCC1CC2CCC(C1)N2c1ccccc1F. The summed E-state index contributed by atoms with van der Waals surface area (Å²) in [5.74, 6) is 0.669. The van der Waals surface area contributed by atoms with Crippen LogP contribution in [-0.4, -0.2) is 18.6 Å². The quantitative estimate of drug-likeness (QED) is 0.891. The van der Waals surface area contributed by atoms with Crippen molar-refractivity contribution in [1.82, 2.24) is 0 Å². The van der Waals surface area contributed by atoms with E-state index < -0.39 is 0 Å². The molecule has 2 fully saturated rings. The molecule has 1 aromatic carbocycles. The van der Waals surface area contributed by atoms with E-state index in [0.29, 0.717) is 12.1 Å². The predicted octanol–water partition coefficient (Wildman–Crippen LogP) is 2.92. The molecule has 0 saturated carbocycles. The number of rotatable bonds is 3. The van der Waals surface area contributed by atoms with Crippen LogP contribution in [0.4, 0.5) is 10.1 Å². The Balaban J connectivity index is 1.82. The van der Waals surface area contributed by atoms with Crippen LogP contribution >= 0.6 is 0 Å². The lowest BCUT2D eigenvalue weighted by atomic mass is 9.88. The van der Waals surface area contributed by atoms with Crippen LogP contribution in [-0.2, 0) is 0 Å². The number of hydrogen-bond donors (Lipinski definition) is 1. The van der Waals surface area contributed by atoms with Crippen LogP contribution in [0.3, 0.4) is 0 Å². The minimum Gasteiger partial charge on any atom is -0.363 e. The molecule has 98 valence electrons. The molecule has 0 aliphatic carbocycles. The van der Waals surface area contributed by atoms with Gasteiger partial charge in [-0.25, -0.2) is 4.39 Å². The number of halogens is 1. The maximum Gasteiger partial charge on any atom is 0.146 e. The fraction of sp³-hybridized carbons (Fsp3) is 0.600. The molecule has 0 radical (unpaired) electrons. The highest BCUT2D eigenvalue weighted by molar-refractivity contribution is 5.51. The molecule has 1 aromatic rings.